The Labute approximate surface area is 127 Å². The summed E-state index contributed by atoms with van der Waals surface area (Å²) in [6.07, 6.45) is 7.20. The van der Waals surface area contributed by atoms with E-state index in [9.17, 15) is 0 Å². The van der Waals surface area contributed by atoms with Crippen molar-refractivity contribution >= 4 is 11.4 Å². The topological polar surface area (TPSA) is 40.6 Å². The average molecular weight is 288 g/mol. The van der Waals surface area contributed by atoms with E-state index in [1.54, 1.807) is 0 Å². The first-order valence-corrected chi connectivity index (χ1v) is 8.19. The molecule has 4 nitrogen and oxygen atoms in total. The van der Waals surface area contributed by atoms with Gasteiger partial charge in [0.2, 0.25) is 11.1 Å². The molecule has 1 aromatic carbocycles. The van der Waals surface area contributed by atoms with Gasteiger partial charge in [-0.2, -0.15) is 0 Å². The minimum atomic E-state index is 0.171. The maximum Gasteiger partial charge on any atom is 0.426 e. The van der Waals surface area contributed by atoms with Crippen molar-refractivity contribution in [1.29, 1.82) is 5.39 Å². The molecule has 0 radical (unpaired) electrons. The highest BCUT2D eigenvalue weighted by molar-refractivity contribution is 5.65. The maximum absolute atomic E-state index is 9.15. The molecule has 1 fully saturated rings. The quantitative estimate of drug-likeness (QED) is 0.706. The molecule has 4 heteroatoms. The van der Waals surface area contributed by atoms with Crippen LogP contribution in [0.4, 0.5) is 11.4 Å². The lowest BCUT2D eigenvalue weighted by atomic mass is 10.2. The zero-order valence-electron chi connectivity index (χ0n) is 13.2. The molecule has 0 amide bonds. The molecule has 1 saturated heterocycles. The van der Waals surface area contributed by atoms with Crippen molar-refractivity contribution in [3.63, 3.8) is 0 Å². The van der Waals surface area contributed by atoms with Crippen LogP contribution in [0.3, 0.4) is 0 Å². The van der Waals surface area contributed by atoms with Crippen molar-refractivity contribution in [3.8, 4) is 5.75 Å². The Kier molecular flexibility index (Phi) is 5.86. The van der Waals surface area contributed by atoms with Gasteiger partial charge in [-0.15, -0.1) is 0 Å². The molecule has 2 rings (SSSR count). The fourth-order valence-electron chi connectivity index (χ4n) is 2.84. The van der Waals surface area contributed by atoms with Crippen LogP contribution >= 0.6 is 0 Å². The van der Waals surface area contributed by atoms with E-state index in [1.165, 1.54) is 31.4 Å². The third-order valence-corrected chi connectivity index (χ3v) is 4.23. The van der Waals surface area contributed by atoms with Crippen LogP contribution in [0.2, 0.25) is 0 Å². The third kappa shape index (κ3) is 4.10. The molecule has 1 aliphatic rings. The van der Waals surface area contributed by atoms with Crippen LogP contribution < -0.4 is 9.64 Å². The van der Waals surface area contributed by atoms with Gasteiger partial charge in [-0.3, -0.25) is 0 Å². The first-order chi connectivity index (χ1) is 10.3. The lowest BCUT2D eigenvalue weighted by Crippen LogP contribution is -2.24. The van der Waals surface area contributed by atoms with Crippen LogP contribution in [0.1, 0.15) is 52.4 Å². The smallest absolute Gasteiger partial charge is 0.426 e. The van der Waals surface area contributed by atoms with E-state index in [2.05, 4.69) is 23.7 Å². The predicted molar refractivity (Wildman–Crippen MR) is 86.9 cm³/mol. The first kappa shape index (κ1) is 15.6. The second-order valence-electron chi connectivity index (χ2n) is 5.71. The number of diazo groups is 1. The lowest BCUT2D eigenvalue weighted by molar-refractivity contribution is 0.194. The number of ether oxygens (including phenoxy) is 1. The summed E-state index contributed by atoms with van der Waals surface area (Å²) in [4.78, 5) is 5.76. The second kappa shape index (κ2) is 7.87. The molecule has 0 bridgehead atoms. The van der Waals surface area contributed by atoms with Gasteiger partial charge in [0, 0.05) is 30.9 Å². The van der Waals surface area contributed by atoms with Crippen LogP contribution in [0.15, 0.2) is 18.2 Å². The molecule has 1 heterocycles. The summed E-state index contributed by atoms with van der Waals surface area (Å²) < 4.78 is 6.02. The molecule has 0 spiro atoms. The molecule has 0 unspecified atom stereocenters. The number of rotatable bonds is 5. The van der Waals surface area contributed by atoms with Crippen molar-refractivity contribution in [1.82, 2.24) is 0 Å². The standard InChI is InChI=1S/C17H26N3O/c1-3-15(4-2)21-17-13-14(9-10-16(17)19-18)20-11-7-5-6-8-12-20/h9-10,13,15H,3-8,11-12H2,1-2H3/q+1. The summed E-state index contributed by atoms with van der Waals surface area (Å²) in [7, 11) is 0. The van der Waals surface area contributed by atoms with E-state index >= 15 is 0 Å². The summed E-state index contributed by atoms with van der Waals surface area (Å²) in [5.41, 5.74) is 1.69. The van der Waals surface area contributed by atoms with Gasteiger partial charge in [-0.1, -0.05) is 26.7 Å². The monoisotopic (exact) mass is 288 g/mol. The fraction of sp³-hybridized carbons (Fsp3) is 0.647. The number of hydrogen-bond acceptors (Lipinski definition) is 3. The van der Waals surface area contributed by atoms with Gasteiger partial charge in [0.15, 0.2) is 4.98 Å². The number of nitrogens with zero attached hydrogens (tertiary/aromatic N) is 3. The van der Waals surface area contributed by atoms with Crippen molar-refractivity contribution < 1.29 is 4.74 Å². The van der Waals surface area contributed by atoms with Gasteiger partial charge in [0.25, 0.3) is 0 Å². The first-order valence-electron chi connectivity index (χ1n) is 8.19. The van der Waals surface area contributed by atoms with Gasteiger partial charge in [0.05, 0.1) is 6.10 Å². The van der Waals surface area contributed by atoms with Crippen molar-refractivity contribution in [2.75, 3.05) is 18.0 Å². The van der Waals surface area contributed by atoms with E-state index in [0.29, 0.717) is 11.4 Å². The van der Waals surface area contributed by atoms with Crippen molar-refractivity contribution in [2.24, 2.45) is 0 Å². The highest BCUT2D eigenvalue weighted by Gasteiger charge is 2.20. The molecule has 0 N–H and O–H groups in total. The van der Waals surface area contributed by atoms with Crippen LogP contribution in [0, 0.1) is 5.39 Å². The molecule has 0 saturated carbocycles. The highest BCUT2D eigenvalue weighted by Crippen LogP contribution is 2.34. The van der Waals surface area contributed by atoms with Gasteiger partial charge in [0.1, 0.15) is 0 Å². The van der Waals surface area contributed by atoms with E-state index in [0.717, 1.165) is 25.9 Å². The summed E-state index contributed by atoms with van der Waals surface area (Å²) in [6.45, 7) is 6.42. The van der Waals surface area contributed by atoms with Gasteiger partial charge in [-0.25, -0.2) is 0 Å². The van der Waals surface area contributed by atoms with E-state index in [4.69, 9.17) is 10.1 Å². The molecular formula is C17H26N3O+. The molecule has 0 aromatic heterocycles. The number of anilines is 1. The Balaban J connectivity index is 2.21. The molecule has 21 heavy (non-hydrogen) atoms. The van der Waals surface area contributed by atoms with Crippen LogP contribution in [0.25, 0.3) is 4.98 Å². The van der Waals surface area contributed by atoms with Crippen LogP contribution in [0.5, 0.6) is 5.75 Å². The van der Waals surface area contributed by atoms with Crippen molar-refractivity contribution in [3.05, 3.63) is 23.2 Å². The number of benzene rings is 1. The third-order valence-electron chi connectivity index (χ3n) is 4.23. The Morgan fingerprint density at radius 2 is 1.81 bits per heavy atom. The molecule has 114 valence electrons. The maximum atomic E-state index is 9.15. The molecular weight excluding hydrogens is 262 g/mol. The normalized spacial score (nSPS) is 15.6. The Morgan fingerprint density at radius 3 is 2.38 bits per heavy atom. The van der Waals surface area contributed by atoms with Gasteiger partial charge in [-0.05, 0) is 31.7 Å². The van der Waals surface area contributed by atoms with E-state index in [-0.39, 0.29) is 6.10 Å². The average Bonchev–Trinajstić information content (AvgIpc) is 2.81. The Bertz CT molecular complexity index is 483. The number of hydrogen-bond donors (Lipinski definition) is 0. The van der Waals surface area contributed by atoms with E-state index < -0.39 is 0 Å². The van der Waals surface area contributed by atoms with Gasteiger partial charge < -0.3 is 9.64 Å². The summed E-state index contributed by atoms with van der Waals surface area (Å²) in [6, 6.07) is 5.90. The van der Waals surface area contributed by atoms with Crippen LogP contribution in [-0.4, -0.2) is 19.2 Å². The summed E-state index contributed by atoms with van der Waals surface area (Å²) in [5.74, 6) is 0.688. The SMILES string of the molecule is CCC(CC)Oc1cc(N2CCCCCC2)ccc1[N+]#N. The molecule has 0 aliphatic carbocycles. The molecule has 1 aliphatic heterocycles. The summed E-state index contributed by atoms with van der Waals surface area (Å²) in [5, 5.41) is 9.15. The predicted octanol–water partition coefficient (Wildman–Crippen LogP) is 5.12. The molecule has 0 atom stereocenters. The Morgan fingerprint density at radius 1 is 1.14 bits per heavy atom. The van der Waals surface area contributed by atoms with Crippen LogP contribution in [-0.2, 0) is 0 Å². The second-order valence-corrected chi connectivity index (χ2v) is 5.71. The van der Waals surface area contributed by atoms with Crippen molar-refractivity contribution in [2.45, 2.75) is 58.5 Å². The van der Waals surface area contributed by atoms with E-state index in [1.807, 2.05) is 18.2 Å². The Hall–Kier alpha value is -1.76. The van der Waals surface area contributed by atoms with Gasteiger partial charge >= 0.3 is 5.69 Å². The minimum absolute atomic E-state index is 0.171. The minimum Gasteiger partial charge on any atom is -0.483 e. The fourth-order valence-corrected chi connectivity index (χ4v) is 2.84. The zero-order valence-corrected chi connectivity index (χ0v) is 13.2. The highest BCUT2D eigenvalue weighted by atomic mass is 16.5. The largest absolute Gasteiger partial charge is 0.483 e. The zero-order chi connectivity index (χ0) is 15.1. The summed E-state index contributed by atoms with van der Waals surface area (Å²) >= 11 is 0. The lowest BCUT2D eigenvalue weighted by Gasteiger charge is -2.23. The molecule has 1 aromatic rings.